The molecule has 1 unspecified atom stereocenters. The van der Waals surface area contributed by atoms with Gasteiger partial charge >= 0.3 is 0 Å². The first-order valence-electron chi connectivity index (χ1n) is 3.97. The maximum atomic E-state index is 9.41. The lowest BCUT2D eigenvalue weighted by molar-refractivity contribution is 0.264. The SMILES string of the molecule is NC(CO)Cc1ccc(Cl)cc1O. The van der Waals surface area contributed by atoms with Crippen molar-refractivity contribution >= 4 is 11.6 Å². The molecule has 0 fully saturated rings. The number of aliphatic hydroxyl groups excluding tert-OH is 1. The third-order valence-corrected chi connectivity index (χ3v) is 2.00. The second kappa shape index (κ2) is 4.46. The zero-order valence-electron chi connectivity index (χ0n) is 7.07. The quantitative estimate of drug-likeness (QED) is 0.681. The molecule has 1 atom stereocenters. The number of nitrogens with two attached hydrogens (primary N) is 1. The van der Waals surface area contributed by atoms with E-state index in [2.05, 4.69) is 0 Å². The Balaban J connectivity index is 2.77. The number of phenolic OH excluding ortho intramolecular Hbond substituents is 1. The Labute approximate surface area is 81.8 Å². The number of aromatic hydroxyl groups is 1. The normalized spacial score (nSPS) is 12.8. The third-order valence-electron chi connectivity index (χ3n) is 1.76. The summed E-state index contributed by atoms with van der Waals surface area (Å²) in [5, 5.41) is 18.6. The Kier molecular flexibility index (Phi) is 3.54. The van der Waals surface area contributed by atoms with Gasteiger partial charge in [-0.1, -0.05) is 17.7 Å². The Bertz CT molecular complexity index is 291. The molecule has 3 nitrogen and oxygen atoms in total. The van der Waals surface area contributed by atoms with Gasteiger partial charge in [0.2, 0.25) is 0 Å². The van der Waals surface area contributed by atoms with E-state index in [-0.39, 0.29) is 18.4 Å². The molecule has 0 saturated carbocycles. The maximum Gasteiger partial charge on any atom is 0.120 e. The highest BCUT2D eigenvalue weighted by Gasteiger charge is 2.06. The second-order valence-corrected chi connectivity index (χ2v) is 3.36. The Morgan fingerprint density at radius 2 is 2.15 bits per heavy atom. The molecule has 0 aliphatic rings. The molecule has 72 valence electrons. The second-order valence-electron chi connectivity index (χ2n) is 2.92. The molecule has 0 aromatic heterocycles. The van der Waals surface area contributed by atoms with Gasteiger partial charge in [0.1, 0.15) is 5.75 Å². The van der Waals surface area contributed by atoms with Crippen LogP contribution in [0.2, 0.25) is 5.02 Å². The number of aliphatic hydroxyl groups is 1. The molecule has 0 amide bonds. The molecule has 1 rings (SSSR count). The van der Waals surface area contributed by atoms with Crippen LogP contribution in [0.25, 0.3) is 0 Å². The summed E-state index contributed by atoms with van der Waals surface area (Å²) in [5.74, 6) is 0.122. The summed E-state index contributed by atoms with van der Waals surface area (Å²) in [6, 6.07) is 4.50. The molecule has 1 aromatic rings. The van der Waals surface area contributed by atoms with Crippen molar-refractivity contribution in [3.8, 4) is 5.75 Å². The van der Waals surface area contributed by atoms with Gasteiger partial charge in [0.25, 0.3) is 0 Å². The average Bonchev–Trinajstić information content (AvgIpc) is 2.09. The van der Waals surface area contributed by atoms with Crippen LogP contribution in [0.3, 0.4) is 0 Å². The van der Waals surface area contributed by atoms with Gasteiger partial charge in [-0.25, -0.2) is 0 Å². The summed E-state index contributed by atoms with van der Waals surface area (Å²) in [7, 11) is 0. The van der Waals surface area contributed by atoms with Gasteiger partial charge in [-0.15, -0.1) is 0 Å². The van der Waals surface area contributed by atoms with E-state index in [1.165, 1.54) is 6.07 Å². The summed E-state index contributed by atoms with van der Waals surface area (Å²) < 4.78 is 0. The van der Waals surface area contributed by atoms with Crippen LogP contribution in [0.5, 0.6) is 5.75 Å². The third kappa shape index (κ3) is 2.88. The van der Waals surface area contributed by atoms with E-state index in [1.807, 2.05) is 0 Å². The summed E-state index contributed by atoms with van der Waals surface area (Å²) in [6.45, 7) is -0.0952. The standard InChI is InChI=1S/C9H12ClNO2/c10-7-2-1-6(9(13)4-7)3-8(11)5-12/h1-2,4,8,12-13H,3,5,11H2. The fourth-order valence-electron chi connectivity index (χ4n) is 1.06. The molecular formula is C9H12ClNO2. The lowest BCUT2D eigenvalue weighted by atomic mass is 10.1. The predicted molar refractivity (Wildman–Crippen MR) is 51.9 cm³/mol. The van der Waals surface area contributed by atoms with Crippen LogP contribution in [0.4, 0.5) is 0 Å². The van der Waals surface area contributed by atoms with Crippen molar-refractivity contribution in [1.29, 1.82) is 0 Å². The number of halogens is 1. The zero-order valence-corrected chi connectivity index (χ0v) is 7.83. The minimum atomic E-state index is -0.341. The average molecular weight is 202 g/mol. The monoisotopic (exact) mass is 201 g/mol. The lowest BCUT2D eigenvalue weighted by Gasteiger charge is -2.09. The van der Waals surface area contributed by atoms with Gasteiger partial charge in [0.05, 0.1) is 6.61 Å². The van der Waals surface area contributed by atoms with E-state index >= 15 is 0 Å². The van der Waals surface area contributed by atoms with E-state index in [0.717, 1.165) is 0 Å². The highest BCUT2D eigenvalue weighted by atomic mass is 35.5. The minimum Gasteiger partial charge on any atom is -0.508 e. The van der Waals surface area contributed by atoms with Crippen molar-refractivity contribution in [3.05, 3.63) is 28.8 Å². The first-order chi connectivity index (χ1) is 6.13. The fraction of sp³-hybridized carbons (Fsp3) is 0.333. The number of hydrogen-bond acceptors (Lipinski definition) is 3. The Morgan fingerprint density at radius 1 is 1.46 bits per heavy atom. The molecule has 4 heteroatoms. The van der Waals surface area contributed by atoms with Crippen molar-refractivity contribution < 1.29 is 10.2 Å². The Morgan fingerprint density at radius 3 is 2.69 bits per heavy atom. The number of benzene rings is 1. The van der Waals surface area contributed by atoms with Gasteiger partial charge in [0.15, 0.2) is 0 Å². The maximum absolute atomic E-state index is 9.41. The molecule has 0 heterocycles. The molecule has 0 radical (unpaired) electrons. The molecule has 1 aromatic carbocycles. The number of phenols is 1. The number of hydrogen-bond donors (Lipinski definition) is 3. The van der Waals surface area contributed by atoms with E-state index in [1.54, 1.807) is 12.1 Å². The van der Waals surface area contributed by atoms with Crippen molar-refractivity contribution in [1.82, 2.24) is 0 Å². The first kappa shape index (κ1) is 10.3. The summed E-state index contributed by atoms with van der Waals surface area (Å²) >= 11 is 5.65. The van der Waals surface area contributed by atoms with Gasteiger partial charge in [-0.3, -0.25) is 0 Å². The smallest absolute Gasteiger partial charge is 0.120 e. The molecule has 0 spiro atoms. The lowest BCUT2D eigenvalue weighted by Crippen LogP contribution is -2.26. The van der Waals surface area contributed by atoms with Crippen LogP contribution in [-0.2, 0) is 6.42 Å². The fourth-order valence-corrected chi connectivity index (χ4v) is 1.22. The van der Waals surface area contributed by atoms with Crippen LogP contribution < -0.4 is 5.73 Å². The number of rotatable bonds is 3. The molecule has 13 heavy (non-hydrogen) atoms. The summed E-state index contributed by atoms with van der Waals surface area (Å²) in [4.78, 5) is 0. The molecule has 0 saturated heterocycles. The topological polar surface area (TPSA) is 66.5 Å². The van der Waals surface area contributed by atoms with Gasteiger partial charge in [-0.05, 0) is 24.1 Å². The molecule has 0 aliphatic carbocycles. The summed E-state index contributed by atoms with van der Waals surface area (Å²) in [5.41, 5.74) is 6.22. The molecule has 0 aliphatic heterocycles. The van der Waals surface area contributed by atoms with Gasteiger partial charge < -0.3 is 15.9 Å². The van der Waals surface area contributed by atoms with Gasteiger partial charge in [-0.2, -0.15) is 0 Å². The van der Waals surface area contributed by atoms with Crippen LogP contribution in [0.1, 0.15) is 5.56 Å². The predicted octanol–water partition coefficient (Wildman–Crippen LogP) is 0.908. The highest BCUT2D eigenvalue weighted by molar-refractivity contribution is 6.30. The molecule has 0 bridgehead atoms. The van der Waals surface area contributed by atoms with Gasteiger partial charge in [0, 0.05) is 11.1 Å². The zero-order chi connectivity index (χ0) is 9.84. The van der Waals surface area contributed by atoms with E-state index in [9.17, 15) is 5.11 Å². The van der Waals surface area contributed by atoms with Crippen molar-refractivity contribution in [3.63, 3.8) is 0 Å². The van der Waals surface area contributed by atoms with Crippen LogP contribution in [0, 0.1) is 0 Å². The van der Waals surface area contributed by atoms with Crippen molar-refractivity contribution in [2.24, 2.45) is 5.73 Å². The van der Waals surface area contributed by atoms with E-state index in [0.29, 0.717) is 17.0 Å². The van der Waals surface area contributed by atoms with Crippen molar-refractivity contribution in [2.75, 3.05) is 6.61 Å². The summed E-state index contributed by atoms with van der Waals surface area (Å²) in [6.07, 6.45) is 0.444. The van der Waals surface area contributed by atoms with Crippen LogP contribution >= 0.6 is 11.6 Å². The minimum absolute atomic E-state index is 0.0952. The Hall–Kier alpha value is -0.770. The van der Waals surface area contributed by atoms with Crippen LogP contribution in [-0.4, -0.2) is 22.9 Å². The molecular weight excluding hydrogens is 190 g/mol. The largest absolute Gasteiger partial charge is 0.508 e. The van der Waals surface area contributed by atoms with Crippen LogP contribution in [0.15, 0.2) is 18.2 Å². The van der Waals surface area contributed by atoms with E-state index < -0.39 is 0 Å². The molecule has 4 N–H and O–H groups in total. The highest BCUT2D eigenvalue weighted by Crippen LogP contribution is 2.22. The van der Waals surface area contributed by atoms with E-state index in [4.69, 9.17) is 22.4 Å². The van der Waals surface area contributed by atoms with Crippen molar-refractivity contribution in [2.45, 2.75) is 12.5 Å². The first-order valence-corrected chi connectivity index (χ1v) is 4.35.